The largest absolute Gasteiger partial charge is 0.325 e. The molecule has 0 radical (unpaired) electrons. The fraction of sp³-hybridized carbons (Fsp3) is 0.647. The molecule has 5 heteroatoms. The zero-order valence-corrected chi connectivity index (χ0v) is 13.6. The normalized spacial score (nSPS) is 21.7. The highest BCUT2D eigenvalue weighted by Crippen LogP contribution is 2.24. The van der Waals surface area contributed by atoms with Crippen LogP contribution in [0.4, 0.5) is 10.6 Å². The number of likely N-dealkylation sites (tertiary alicyclic amines) is 1. The average molecular weight is 302 g/mol. The van der Waals surface area contributed by atoms with Crippen molar-refractivity contribution >= 4 is 11.8 Å². The van der Waals surface area contributed by atoms with Crippen LogP contribution in [0.5, 0.6) is 0 Å². The highest BCUT2D eigenvalue weighted by atomic mass is 16.2. The summed E-state index contributed by atoms with van der Waals surface area (Å²) in [5, 5.41) is 0. The van der Waals surface area contributed by atoms with E-state index in [9.17, 15) is 4.79 Å². The number of nitrogens with zero attached hydrogens (tertiary/aromatic N) is 4. The number of hydrogen-bond acceptors (Lipinski definition) is 3. The SMILES string of the molecule is CC(C)N1CCC(N2CCCN(c3ccccn3)C2=O)CC1. The first-order chi connectivity index (χ1) is 10.7. The number of pyridine rings is 1. The van der Waals surface area contributed by atoms with E-state index < -0.39 is 0 Å². The lowest BCUT2D eigenvalue weighted by Gasteiger charge is -2.43. The zero-order chi connectivity index (χ0) is 15.5. The highest BCUT2D eigenvalue weighted by Gasteiger charge is 2.34. The van der Waals surface area contributed by atoms with E-state index in [1.54, 1.807) is 6.20 Å². The van der Waals surface area contributed by atoms with E-state index in [0.29, 0.717) is 12.1 Å². The Balaban J connectivity index is 1.66. The van der Waals surface area contributed by atoms with Gasteiger partial charge in [-0.25, -0.2) is 9.78 Å². The summed E-state index contributed by atoms with van der Waals surface area (Å²) in [6.45, 7) is 8.33. The second kappa shape index (κ2) is 6.65. The molecule has 120 valence electrons. The third-order valence-electron chi connectivity index (χ3n) is 4.85. The van der Waals surface area contributed by atoms with Crippen molar-refractivity contribution in [1.82, 2.24) is 14.8 Å². The second-order valence-corrected chi connectivity index (χ2v) is 6.53. The van der Waals surface area contributed by atoms with E-state index in [0.717, 1.165) is 51.3 Å². The minimum absolute atomic E-state index is 0.132. The van der Waals surface area contributed by atoms with Gasteiger partial charge in [0.05, 0.1) is 0 Å². The van der Waals surface area contributed by atoms with Crippen molar-refractivity contribution in [2.45, 2.75) is 45.2 Å². The molecule has 0 saturated carbocycles. The van der Waals surface area contributed by atoms with Crippen LogP contribution < -0.4 is 4.90 Å². The van der Waals surface area contributed by atoms with Crippen LogP contribution in [-0.4, -0.2) is 59.1 Å². The number of hydrogen-bond donors (Lipinski definition) is 0. The fourth-order valence-corrected chi connectivity index (χ4v) is 3.52. The summed E-state index contributed by atoms with van der Waals surface area (Å²) < 4.78 is 0. The van der Waals surface area contributed by atoms with Crippen molar-refractivity contribution in [2.24, 2.45) is 0 Å². The zero-order valence-electron chi connectivity index (χ0n) is 13.6. The predicted octanol–water partition coefficient (Wildman–Crippen LogP) is 2.59. The molecule has 0 N–H and O–H groups in total. The summed E-state index contributed by atoms with van der Waals surface area (Å²) in [7, 11) is 0. The molecule has 0 atom stereocenters. The maximum Gasteiger partial charge on any atom is 0.325 e. The average Bonchev–Trinajstić information content (AvgIpc) is 2.56. The van der Waals surface area contributed by atoms with E-state index in [4.69, 9.17) is 0 Å². The molecular weight excluding hydrogens is 276 g/mol. The molecule has 0 aromatic carbocycles. The number of carbonyl (C=O) groups is 1. The molecule has 5 nitrogen and oxygen atoms in total. The van der Waals surface area contributed by atoms with Crippen molar-refractivity contribution in [3.8, 4) is 0 Å². The Hall–Kier alpha value is -1.62. The van der Waals surface area contributed by atoms with Crippen molar-refractivity contribution in [2.75, 3.05) is 31.1 Å². The smallest absolute Gasteiger partial charge is 0.321 e. The first-order valence-corrected chi connectivity index (χ1v) is 8.40. The molecule has 2 saturated heterocycles. The number of rotatable bonds is 3. The van der Waals surface area contributed by atoms with Gasteiger partial charge in [0.1, 0.15) is 5.82 Å². The number of urea groups is 1. The molecule has 2 aliphatic heterocycles. The van der Waals surface area contributed by atoms with E-state index >= 15 is 0 Å². The lowest BCUT2D eigenvalue weighted by molar-refractivity contribution is 0.102. The third-order valence-corrected chi connectivity index (χ3v) is 4.85. The van der Waals surface area contributed by atoms with Crippen molar-refractivity contribution in [3.63, 3.8) is 0 Å². The molecular formula is C17H26N4O. The number of anilines is 1. The van der Waals surface area contributed by atoms with Crippen LogP contribution >= 0.6 is 0 Å². The van der Waals surface area contributed by atoms with Gasteiger partial charge >= 0.3 is 6.03 Å². The van der Waals surface area contributed by atoms with E-state index in [2.05, 4.69) is 28.6 Å². The summed E-state index contributed by atoms with van der Waals surface area (Å²) in [6.07, 6.45) is 4.94. The summed E-state index contributed by atoms with van der Waals surface area (Å²) in [6, 6.07) is 6.86. The Kier molecular flexibility index (Phi) is 4.62. The van der Waals surface area contributed by atoms with Crippen molar-refractivity contribution in [1.29, 1.82) is 0 Å². The highest BCUT2D eigenvalue weighted by molar-refractivity contribution is 5.91. The van der Waals surface area contributed by atoms with E-state index in [1.807, 2.05) is 23.1 Å². The van der Waals surface area contributed by atoms with Gasteiger partial charge in [0.2, 0.25) is 0 Å². The van der Waals surface area contributed by atoms with Gasteiger partial charge in [-0.05, 0) is 45.2 Å². The first-order valence-electron chi connectivity index (χ1n) is 8.40. The molecule has 2 aliphatic rings. The van der Waals surface area contributed by atoms with Crippen LogP contribution in [0.2, 0.25) is 0 Å². The van der Waals surface area contributed by atoms with E-state index in [1.165, 1.54) is 0 Å². The Labute approximate surface area is 132 Å². The number of amides is 2. The van der Waals surface area contributed by atoms with Crippen LogP contribution in [0, 0.1) is 0 Å². The molecule has 0 spiro atoms. The molecule has 1 aromatic heterocycles. The Morgan fingerprint density at radius 3 is 2.55 bits per heavy atom. The predicted molar refractivity (Wildman–Crippen MR) is 88.0 cm³/mol. The van der Waals surface area contributed by atoms with Gasteiger partial charge in [0.25, 0.3) is 0 Å². The summed E-state index contributed by atoms with van der Waals surface area (Å²) >= 11 is 0. The quantitative estimate of drug-likeness (QED) is 0.861. The molecule has 0 aliphatic carbocycles. The van der Waals surface area contributed by atoms with Gasteiger partial charge in [-0.15, -0.1) is 0 Å². The minimum atomic E-state index is 0.132. The Morgan fingerprint density at radius 2 is 1.91 bits per heavy atom. The molecule has 22 heavy (non-hydrogen) atoms. The Bertz CT molecular complexity index is 497. The number of aromatic nitrogens is 1. The van der Waals surface area contributed by atoms with Crippen LogP contribution in [0.1, 0.15) is 33.1 Å². The molecule has 2 amide bonds. The van der Waals surface area contributed by atoms with Gasteiger partial charge in [-0.1, -0.05) is 6.07 Å². The van der Waals surface area contributed by atoms with Crippen LogP contribution in [0.25, 0.3) is 0 Å². The third kappa shape index (κ3) is 3.09. The monoisotopic (exact) mass is 302 g/mol. The number of piperidine rings is 1. The molecule has 3 rings (SSSR count). The molecule has 0 bridgehead atoms. The lowest BCUT2D eigenvalue weighted by Crippen LogP contribution is -2.56. The maximum absolute atomic E-state index is 12.8. The lowest BCUT2D eigenvalue weighted by atomic mass is 10.0. The van der Waals surface area contributed by atoms with Crippen LogP contribution in [-0.2, 0) is 0 Å². The van der Waals surface area contributed by atoms with Gasteiger partial charge in [-0.3, -0.25) is 4.90 Å². The summed E-state index contributed by atoms with van der Waals surface area (Å²) in [4.78, 5) is 23.6. The Morgan fingerprint density at radius 1 is 1.14 bits per heavy atom. The van der Waals surface area contributed by atoms with Crippen molar-refractivity contribution < 1.29 is 4.79 Å². The van der Waals surface area contributed by atoms with Crippen LogP contribution in [0.15, 0.2) is 24.4 Å². The minimum Gasteiger partial charge on any atom is -0.321 e. The van der Waals surface area contributed by atoms with Gasteiger partial charge in [0.15, 0.2) is 0 Å². The number of carbonyl (C=O) groups excluding carboxylic acids is 1. The van der Waals surface area contributed by atoms with E-state index in [-0.39, 0.29) is 6.03 Å². The fourth-order valence-electron chi connectivity index (χ4n) is 3.52. The molecule has 3 heterocycles. The van der Waals surface area contributed by atoms with Crippen molar-refractivity contribution in [3.05, 3.63) is 24.4 Å². The van der Waals surface area contributed by atoms with Gasteiger partial charge < -0.3 is 9.80 Å². The second-order valence-electron chi connectivity index (χ2n) is 6.53. The molecule has 2 fully saturated rings. The van der Waals surface area contributed by atoms with Gasteiger partial charge in [0, 0.05) is 44.5 Å². The van der Waals surface area contributed by atoms with Crippen LogP contribution in [0.3, 0.4) is 0 Å². The molecule has 1 aromatic rings. The molecule has 0 unspecified atom stereocenters. The topological polar surface area (TPSA) is 39.7 Å². The standard InChI is InChI=1S/C17H26N4O/c1-14(2)19-12-7-15(8-13-19)20-10-5-11-21(17(20)22)16-6-3-4-9-18-16/h3-4,6,9,14-15H,5,7-8,10-13H2,1-2H3. The first kappa shape index (κ1) is 15.3. The summed E-state index contributed by atoms with van der Waals surface area (Å²) in [5.74, 6) is 0.775. The van der Waals surface area contributed by atoms with Gasteiger partial charge in [-0.2, -0.15) is 0 Å². The summed E-state index contributed by atoms with van der Waals surface area (Å²) in [5.41, 5.74) is 0. The maximum atomic E-state index is 12.8.